The normalized spacial score (nSPS) is 18.2. The first kappa shape index (κ1) is 11.7. The fraction of sp³-hybridized carbons (Fsp3) is 0.333. The molecule has 0 saturated carbocycles. The van der Waals surface area contributed by atoms with Crippen molar-refractivity contribution in [2.24, 2.45) is 0 Å². The van der Waals surface area contributed by atoms with Gasteiger partial charge in [0.25, 0.3) is 11.7 Å². The summed E-state index contributed by atoms with van der Waals surface area (Å²) in [5, 5.41) is 9.48. The second-order valence-corrected chi connectivity index (χ2v) is 4.15. The first-order chi connectivity index (χ1) is 7.93. The van der Waals surface area contributed by atoms with E-state index in [1.807, 2.05) is 0 Å². The summed E-state index contributed by atoms with van der Waals surface area (Å²) in [6.07, 6.45) is -0.805. The Hall–Kier alpha value is -1.75. The van der Waals surface area contributed by atoms with Crippen LogP contribution >= 0.6 is 0 Å². The number of Topliss-reactive ketones (excluding diaryl/α,β-unsaturated/α-hetero) is 1. The van der Waals surface area contributed by atoms with Gasteiger partial charge in [0, 0.05) is 0 Å². The standard InChI is InChI=1S/C12H12FNO3/c1-6(7(2)15)14-10-5-8(13)3-4-9(10)11(16)12(14)17/h3-7,15H,1-2H3. The third-order valence-electron chi connectivity index (χ3n) is 2.98. The van der Waals surface area contributed by atoms with Crippen molar-refractivity contribution in [1.82, 2.24) is 0 Å². The Morgan fingerprint density at radius 1 is 1.29 bits per heavy atom. The molecular formula is C12H12FNO3. The van der Waals surface area contributed by atoms with Crippen molar-refractivity contribution in [3.05, 3.63) is 29.6 Å². The highest BCUT2D eigenvalue weighted by Gasteiger charge is 2.39. The first-order valence-corrected chi connectivity index (χ1v) is 5.29. The van der Waals surface area contributed by atoms with Gasteiger partial charge in [0.2, 0.25) is 0 Å². The number of ketones is 1. The number of hydrogen-bond acceptors (Lipinski definition) is 3. The van der Waals surface area contributed by atoms with Crippen LogP contribution in [-0.4, -0.2) is 28.9 Å². The molecule has 1 amide bonds. The molecule has 0 fully saturated rings. The molecule has 0 aromatic heterocycles. The smallest absolute Gasteiger partial charge is 0.299 e. The van der Waals surface area contributed by atoms with Crippen molar-refractivity contribution in [2.45, 2.75) is 26.0 Å². The molecule has 4 nitrogen and oxygen atoms in total. The van der Waals surface area contributed by atoms with E-state index in [-0.39, 0.29) is 11.3 Å². The molecule has 5 heteroatoms. The maximum atomic E-state index is 13.1. The number of rotatable bonds is 2. The monoisotopic (exact) mass is 237 g/mol. The summed E-state index contributed by atoms with van der Waals surface area (Å²) < 4.78 is 13.1. The van der Waals surface area contributed by atoms with Crippen LogP contribution in [0.5, 0.6) is 0 Å². The fourth-order valence-corrected chi connectivity index (χ4v) is 1.85. The van der Waals surface area contributed by atoms with Crippen LogP contribution in [0.25, 0.3) is 0 Å². The molecule has 0 aliphatic carbocycles. The minimum absolute atomic E-state index is 0.184. The Labute approximate surface area is 97.7 Å². The van der Waals surface area contributed by atoms with Crippen LogP contribution < -0.4 is 4.90 Å². The van der Waals surface area contributed by atoms with Gasteiger partial charge in [-0.3, -0.25) is 14.5 Å². The van der Waals surface area contributed by atoms with Crippen molar-refractivity contribution in [2.75, 3.05) is 4.90 Å². The van der Waals surface area contributed by atoms with Gasteiger partial charge in [-0.2, -0.15) is 0 Å². The van der Waals surface area contributed by atoms with Crippen molar-refractivity contribution in [3.63, 3.8) is 0 Å². The molecule has 1 aromatic carbocycles. The van der Waals surface area contributed by atoms with Gasteiger partial charge in [-0.1, -0.05) is 0 Å². The van der Waals surface area contributed by atoms with E-state index >= 15 is 0 Å². The Kier molecular flexibility index (Phi) is 2.71. The highest BCUT2D eigenvalue weighted by atomic mass is 19.1. The zero-order valence-electron chi connectivity index (χ0n) is 9.48. The van der Waals surface area contributed by atoms with Crippen molar-refractivity contribution >= 4 is 17.4 Å². The highest BCUT2D eigenvalue weighted by molar-refractivity contribution is 6.52. The molecule has 1 aliphatic heterocycles. The number of fused-ring (bicyclic) bond motifs is 1. The van der Waals surface area contributed by atoms with E-state index < -0.39 is 29.7 Å². The molecule has 1 aliphatic rings. The van der Waals surface area contributed by atoms with Gasteiger partial charge in [-0.25, -0.2) is 4.39 Å². The van der Waals surface area contributed by atoms with Gasteiger partial charge in [0.05, 0.1) is 23.4 Å². The lowest BCUT2D eigenvalue weighted by Gasteiger charge is -2.26. The molecule has 2 rings (SSSR count). The third-order valence-corrected chi connectivity index (χ3v) is 2.98. The average molecular weight is 237 g/mol. The predicted molar refractivity (Wildman–Crippen MR) is 59.4 cm³/mol. The fourth-order valence-electron chi connectivity index (χ4n) is 1.85. The maximum absolute atomic E-state index is 13.1. The van der Waals surface area contributed by atoms with E-state index in [1.54, 1.807) is 6.92 Å². The van der Waals surface area contributed by atoms with Gasteiger partial charge >= 0.3 is 0 Å². The quantitative estimate of drug-likeness (QED) is 0.784. The molecule has 1 aromatic rings. The van der Waals surface area contributed by atoms with Crippen LogP contribution in [0.3, 0.4) is 0 Å². The summed E-state index contributed by atoms with van der Waals surface area (Å²) in [6.45, 7) is 3.12. The third kappa shape index (κ3) is 1.72. The predicted octanol–water partition coefficient (Wildman–Crippen LogP) is 1.12. The number of amides is 1. The van der Waals surface area contributed by atoms with E-state index in [9.17, 15) is 19.1 Å². The number of aliphatic hydroxyl groups excluding tert-OH is 1. The molecule has 0 saturated heterocycles. The van der Waals surface area contributed by atoms with Gasteiger partial charge in [-0.15, -0.1) is 0 Å². The Bertz CT molecular complexity index is 499. The number of carbonyl (C=O) groups is 2. The van der Waals surface area contributed by atoms with Gasteiger partial charge < -0.3 is 5.11 Å². The number of nitrogens with zero attached hydrogens (tertiary/aromatic N) is 1. The molecule has 2 atom stereocenters. The second-order valence-electron chi connectivity index (χ2n) is 4.15. The van der Waals surface area contributed by atoms with Gasteiger partial charge in [0.15, 0.2) is 0 Å². The SMILES string of the molecule is CC(O)C(C)N1C(=O)C(=O)c2ccc(F)cc21. The Balaban J connectivity index is 2.53. The lowest BCUT2D eigenvalue weighted by Crippen LogP contribution is -2.43. The van der Waals surface area contributed by atoms with Crippen LogP contribution in [0, 0.1) is 5.82 Å². The maximum Gasteiger partial charge on any atom is 0.299 e. The van der Waals surface area contributed by atoms with Crippen molar-refractivity contribution in [1.29, 1.82) is 0 Å². The molecular weight excluding hydrogens is 225 g/mol. The van der Waals surface area contributed by atoms with Crippen LogP contribution in [0.15, 0.2) is 18.2 Å². The number of hydrogen-bond donors (Lipinski definition) is 1. The molecule has 0 spiro atoms. The molecule has 1 N–H and O–H groups in total. The molecule has 1 heterocycles. The largest absolute Gasteiger partial charge is 0.391 e. The lowest BCUT2D eigenvalue weighted by molar-refractivity contribution is -0.115. The highest BCUT2D eigenvalue weighted by Crippen LogP contribution is 2.31. The molecule has 2 unspecified atom stereocenters. The van der Waals surface area contributed by atoms with Gasteiger partial charge in [0.1, 0.15) is 5.82 Å². The minimum atomic E-state index is -0.805. The van der Waals surface area contributed by atoms with Crippen LogP contribution in [0.1, 0.15) is 24.2 Å². The Morgan fingerprint density at radius 2 is 1.94 bits per heavy atom. The van der Waals surface area contributed by atoms with E-state index in [0.717, 1.165) is 17.0 Å². The summed E-state index contributed by atoms with van der Waals surface area (Å²) in [7, 11) is 0. The van der Waals surface area contributed by atoms with Crippen LogP contribution in [0.4, 0.5) is 10.1 Å². The number of benzene rings is 1. The average Bonchev–Trinajstić information content (AvgIpc) is 2.50. The topological polar surface area (TPSA) is 57.6 Å². The number of aliphatic hydroxyl groups is 1. The summed E-state index contributed by atoms with van der Waals surface area (Å²) in [4.78, 5) is 24.6. The number of anilines is 1. The Morgan fingerprint density at radius 3 is 2.53 bits per heavy atom. The number of halogens is 1. The van der Waals surface area contributed by atoms with E-state index in [0.29, 0.717) is 0 Å². The summed E-state index contributed by atoms with van der Waals surface area (Å²) in [5.41, 5.74) is 0.414. The first-order valence-electron chi connectivity index (χ1n) is 5.29. The molecule has 17 heavy (non-hydrogen) atoms. The lowest BCUT2D eigenvalue weighted by atomic mass is 10.1. The summed E-state index contributed by atoms with van der Waals surface area (Å²) >= 11 is 0. The number of carbonyl (C=O) groups excluding carboxylic acids is 2. The molecule has 90 valence electrons. The van der Waals surface area contributed by atoms with Crippen LogP contribution in [-0.2, 0) is 4.79 Å². The zero-order valence-corrected chi connectivity index (χ0v) is 9.48. The molecule has 0 radical (unpaired) electrons. The van der Waals surface area contributed by atoms with Crippen LogP contribution in [0.2, 0.25) is 0 Å². The van der Waals surface area contributed by atoms with E-state index in [2.05, 4.69) is 0 Å². The van der Waals surface area contributed by atoms with E-state index in [1.165, 1.54) is 13.0 Å². The molecule has 0 bridgehead atoms. The van der Waals surface area contributed by atoms with Gasteiger partial charge in [-0.05, 0) is 32.0 Å². The van der Waals surface area contributed by atoms with Crippen molar-refractivity contribution < 1.29 is 19.1 Å². The summed E-state index contributed by atoms with van der Waals surface area (Å²) in [5.74, 6) is -1.90. The zero-order chi connectivity index (χ0) is 12.7. The van der Waals surface area contributed by atoms with Crippen molar-refractivity contribution in [3.8, 4) is 0 Å². The van der Waals surface area contributed by atoms with E-state index in [4.69, 9.17) is 0 Å². The minimum Gasteiger partial charge on any atom is -0.391 e. The summed E-state index contributed by atoms with van der Waals surface area (Å²) in [6, 6.07) is 2.99. The second kappa shape index (κ2) is 3.92.